The molecule has 10 heteroatoms. The van der Waals surface area contributed by atoms with Gasteiger partial charge in [-0.15, -0.1) is 0 Å². The maximum absolute atomic E-state index is 13.6. The van der Waals surface area contributed by atoms with Crippen LogP contribution in [0.4, 0.5) is 5.69 Å². The number of nitrogens with one attached hydrogen (secondary N) is 3. The van der Waals surface area contributed by atoms with Crippen LogP contribution in [0, 0.1) is 5.92 Å². The fourth-order valence-electron chi connectivity index (χ4n) is 4.92. The van der Waals surface area contributed by atoms with Crippen LogP contribution in [-0.2, 0) is 20.7 Å². The number of carbonyl (C=O) groups is 2. The third kappa shape index (κ3) is 6.62. The van der Waals surface area contributed by atoms with Crippen LogP contribution < -0.4 is 35.6 Å². The van der Waals surface area contributed by atoms with Gasteiger partial charge in [-0.2, -0.15) is 0 Å². The Morgan fingerprint density at radius 2 is 1.74 bits per heavy atom. The number of amides is 2. The van der Waals surface area contributed by atoms with Crippen molar-refractivity contribution in [2.45, 2.75) is 45.7 Å². The second-order valence-electron chi connectivity index (χ2n) is 9.75. The highest BCUT2D eigenvalue weighted by Gasteiger charge is 2.30. The molecule has 2 aromatic rings. The summed E-state index contributed by atoms with van der Waals surface area (Å²) in [6.45, 7) is 6.01. The number of ether oxygens (including phenoxy) is 4. The zero-order valence-electron chi connectivity index (χ0n) is 23.7. The van der Waals surface area contributed by atoms with Crippen molar-refractivity contribution >= 4 is 17.5 Å². The van der Waals surface area contributed by atoms with Gasteiger partial charge in [-0.25, -0.2) is 0 Å². The first-order chi connectivity index (χ1) is 18.7. The molecule has 2 aromatic carbocycles. The fourth-order valence-corrected chi connectivity index (χ4v) is 4.92. The van der Waals surface area contributed by atoms with E-state index in [1.54, 1.807) is 27.4 Å². The number of aryl methyl sites for hydroxylation is 1. The van der Waals surface area contributed by atoms with E-state index < -0.39 is 12.1 Å². The molecule has 3 N–H and O–H groups in total. The molecule has 2 amide bonds. The molecule has 0 aliphatic heterocycles. The topological polar surface area (TPSA) is 124 Å². The van der Waals surface area contributed by atoms with Crippen molar-refractivity contribution in [2.75, 3.05) is 46.9 Å². The summed E-state index contributed by atoms with van der Waals surface area (Å²) in [5.74, 6) is 0.905. The van der Waals surface area contributed by atoms with Gasteiger partial charge in [0.05, 0.1) is 39.7 Å². The van der Waals surface area contributed by atoms with E-state index in [0.717, 1.165) is 16.7 Å². The molecule has 39 heavy (non-hydrogen) atoms. The minimum atomic E-state index is -0.644. The van der Waals surface area contributed by atoms with E-state index in [-0.39, 0.29) is 28.8 Å². The zero-order chi connectivity index (χ0) is 28.7. The summed E-state index contributed by atoms with van der Waals surface area (Å²) in [4.78, 5) is 38.6. The minimum absolute atomic E-state index is 0.0973. The van der Waals surface area contributed by atoms with Crippen LogP contribution in [-0.4, -0.2) is 59.4 Å². The van der Waals surface area contributed by atoms with Gasteiger partial charge in [-0.05, 0) is 53.6 Å². The Labute approximate surface area is 229 Å². The van der Waals surface area contributed by atoms with Crippen LogP contribution in [0.1, 0.15) is 44.4 Å². The molecule has 1 aliphatic carbocycles. The molecule has 3 rings (SSSR count). The Morgan fingerprint density at radius 3 is 2.33 bits per heavy atom. The first kappa shape index (κ1) is 29.8. The van der Waals surface area contributed by atoms with Crippen LogP contribution >= 0.6 is 0 Å². The number of hydrogen-bond donors (Lipinski definition) is 3. The van der Waals surface area contributed by atoms with Crippen LogP contribution in [0.2, 0.25) is 0 Å². The van der Waals surface area contributed by atoms with Crippen molar-refractivity contribution in [3.63, 3.8) is 0 Å². The molecule has 0 unspecified atom stereocenters. The van der Waals surface area contributed by atoms with Crippen LogP contribution in [0.5, 0.6) is 17.2 Å². The summed E-state index contributed by atoms with van der Waals surface area (Å²) in [5, 5.41) is 8.99. The smallest absolute Gasteiger partial charge is 0.242 e. The van der Waals surface area contributed by atoms with Gasteiger partial charge < -0.3 is 34.9 Å². The first-order valence-electron chi connectivity index (χ1n) is 13.0. The Balaban J connectivity index is 2.22. The summed E-state index contributed by atoms with van der Waals surface area (Å²) in [6, 6.07) is 5.87. The van der Waals surface area contributed by atoms with Gasteiger partial charge in [-0.3, -0.25) is 14.4 Å². The van der Waals surface area contributed by atoms with E-state index in [4.69, 9.17) is 18.9 Å². The summed E-state index contributed by atoms with van der Waals surface area (Å²) in [5.41, 5.74) is 3.03. The number of fused-ring (bicyclic) bond motifs is 3. The quantitative estimate of drug-likeness (QED) is 0.371. The number of benzene rings is 1. The maximum Gasteiger partial charge on any atom is 0.242 e. The standard InChI is InChI=1S/C29H39N3O7/c1-16(2)26(29(35)30-12-13-36-4)32-22-11-9-19-20(15-23(22)34)21(31-17(3)33)10-8-18-14-24(37-5)27(38-6)28(39-7)25(18)19/h9,11,14-16,21,26H,8,10,12-13H2,1-7H3,(H,30,35)(H,31,33)(H,32,34)/t21-,26-/m0/s1. The van der Waals surface area contributed by atoms with E-state index in [0.29, 0.717) is 48.8 Å². The molecule has 212 valence electrons. The molecule has 0 radical (unpaired) electrons. The van der Waals surface area contributed by atoms with Gasteiger partial charge in [0.25, 0.3) is 0 Å². The molecule has 0 spiro atoms. The molecule has 1 aliphatic rings. The lowest BCUT2D eigenvalue weighted by molar-refractivity contribution is -0.123. The fraction of sp³-hybridized carbons (Fsp3) is 0.483. The maximum atomic E-state index is 13.6. The number of hydrogen-bond acceptors (Lipinski definition) is 8. The average molecular weight is 542 g/mol. The monoisotopic (exact) mass is 541 g/mol. The number of methoxy groups -OCH3 is 4. The van der Waals surface area contributed by atoms with Crippen molar-refractivity contribution in [1.82, 2.24) is 10.6 Å². The minimum Gasteiger partial charge on any atom is -0.493 e. The van der Waals surface area contributed by atoms with Crippen LogP contribution in [0.15, 0.2) is 29.1 Å². The molecule has 0 heterocycles. The van der Waals surface area contributed by atoms with E-state index in [9.17, 15) is 14.4 Å². The number of carbonyl (C=O) groups excluding carboxylic acids is 2. The molecule has 2 atom stereocenters. The lowest BCUT2D eigenvalue weighted by Gasteiger charge is -2.22. The summed E-state index contributed by atoms with van der Waals surface area (Å²) < 4.78 is 22.1. The van der Waals surface area contributed by atoms with Crippen LogP contribution in [0.25, 0.3) is 11.1 Å². The zero-order valence-corrected chi connectivity index (χ0v) is 23.7. The van der Waals surface area contributed by atoms with Gasteiger partial charge in [0, 0.05) is 26.1 Å². The molecule has 10 nitrogen and oxygen atoms in total. The van der Waals surface area contributed by atoms with Crippen molar-refractivity contribution in [2.24, 2.45) is 5.92 Å². The lowest BCUT2D eigenvalue weighted by Crippen LogP contribution is -2.44. The van der Waals surface area contributed by atoms with Crippen LogP contribution in [0.3, 0.4) is 0 Å². The van der Waals surface area contributed by atoms with E-state index in [2.05, 4.69) is 16.0 Å². The van der Waals surface area contributed by atoms with E-state index >= 15 is 0 Å². The van der Waals surface area contributed by atoms with Crippen molar-refractivity contribution in [1.29, 1.82) is 0 Å². The summed E-state index contributed by atoms with van der Waals surface area (Å²) >= 11 is 0. The lowest BCUT2D eigenvalue weighted by atomic mass is 9.95. The second kappa shape index (κ2) is 13.3. The van der Waals surface area contributed by atoms with Gasteiger partial charge in [-0.1, -0.05) is 19.9 Å². The highest BCUT2D eigenvalue weighted by atomic mass is 16.5. The van der Waals surface area contributed by atoms with Gasteiger partial charge in [0.15, 0.2) is 11.5 Å². The number of anilines is 1. The highest BCUT2D eigenvalue weighted by molar-refractivity contribution is 5.86. The highest BCUT2D eigenvalue weighted by Crippen LogP contribution is 2.50. The predicted octanol–water partition coefficient (Wildman–Crippen LogP) is 3.06. The van der Waals surface area contributed by atoms with Gasteiger partial charge in [0.1, 0.15) is 6.04 Å². The molecule has 0 fully saturated rings. The first-order valence-corrected chi connectivity index (χ1v) is 13.0. The second-order valence-corrected chi connectivity index (χ2v) is 9.75. The average Bonchev–Trinajstić information content (AvgIpc) is 3.14. The Hall–Kier alpha value is -3.79. The third-order valence-corrected chi connectivity index (χ3v) is 6.78. The van der Waals surface area contributed by atoms with E-state index in [1.165, 1.54) is 20.1 Å². The third-order valence-electron chi connectivity index (χ3n) is 6.78. The Morgan fingerprint density at radius 1 is 1.03 bits per heavy atom. The SMILES string of the molecule is COCCNC(=O)[C@@H](Nc1ccc2c(cc1=O)[C@@H](NC(C)=O)CCc1cc(OC)c(OC)c(OC)c1-2)C(C)C. The molecule has 0 saturated carbocycles. The summed E-state index contributed by atoms with van der Waals surface area (Å²) in [6.07, 6.45) is 1.16. The van der Waals surface area contributed by atoms with E-state index in [1.807, 2.05) is 26.0 Å². The Kier molecular flexibility index (Phi) is 10.2. The molecule has 0 aromatic heterocycles. The van der Waals surface area contributed by atoms with Crippen molar-refractivity contribution in [3.05, 3.63) is 45.6 Å². The van der Waals surface area contributed by atoms with Crippen molar-refractivity contribution in [3.8, 4) is 28.4 Å². The number of rotatable bonds is 11. The predicted molar refractivity (Wildman–Crippen MR) is 150 cm³/mol. The molecule has 0 saturated heterocycles. The Bertz CT molecular complexity index is 1260. The molecular formula is C29H39N3O7. The molecule has 0 bridgehead atoms. The van der Waals surface area contributed by atoms with Gasteiger partial charge in [0.2, 0.25) is 23.0 Å². The van der Waals surface area contributed by atoms with Crippen molar-refractivity contribution < 1.29 is 28.5 Å². The normalized spacial score (nSPS) is 14.8. The largest absolute Gasteiger partial charge is 0.493 e. The molecular weight excluding hydrogens is 502 g/mol. The van der Waals surface area contributed by atoms with Gasteiger partial charge >= 0.3 is 0 Å². The summed E-state index contributed by atoms with van der Waals surface area (Å²) in [7, 11) is 6.22.